The number of furan rings is 1. The molecule has 5 heteroatoms. The van der Waals surface area contributed by atoms with Crippen molar-refractivity contribution >= 4 is 65.6 Å². The van der Waals surface area contributed by atoms with Crippen LogP contribution in [0.2, 0.25) is 0 Å². The van der Waals surface area contributed by atoms with E-state index >= 15 is 0 Å². The van der Waals surface area contributed by atoms with Crippen LogP contribution in [0.3, 0.4) is 0 Å². The van der Waals surface area contributed by atoms with Crippen molar-refractivity contribution in [2.24, 2.45) is 0 Å². The number of hydrogen-bond donors (Lipinski definition) is 0. The number of rotatable bonds is 3. The molecular formula is C44H24N4O. The molecule has 0 atom stereocenters. The van der Waals surface area contributed by atoms with Gasteiger partial charge in [0, 0.05) is 38.2 Å². The minimum absolute atomic E-state index is 0.578. The van der Waals surface area contributed by atoms with Gasteiger partial charge in [-0.1, -0.05) is 66.7 Å². The molecule has 0 bridgehead atoms. The van der Waals surface area contributed by atoms with Crippen molar-refractivity contribution in [3.05, 3.63) is 157 Å². The van der Waals surface area contributed by atoms with E-state index in [-0.39, 0.29) is 0 Å². The second-order valence-corrected chi connectivity index (χ2v) is 12.4. The van der Waals surface area contributed by atoms with Crippen LogP contribution in [-0.4, -0.2) is 9.13 Å². The first kappa shape index (κ1) is 27.1. The topological polar surface area (TPSA) is 70.6 Å². The second-order valence-electron chi connectivity index (χ2n) is 12.4. The molecule has 3 aromatic heterocycles. The monoisotopic (exact) mass is 624 g/mol. The summed E-state index contributed by atoms with van der Waals surface area (Å²) in [6, 6.07) is 54.2. The van der Waals surface area contributed by atoms with Crippen molar-refractivity contribution in [3.63, 3.8) is 0 Å². The normalized spacial score (nSPS) is 11.6. The molecule has 3 heterocycles. The number of aromatic nitrogens is 2. The maximum Gasteiger partial charge on any atom is 0.137 e. The Hall–Kier alpha value is -7.08. The Kier molecular flexibility index (Phi) is 5.64. The molecule has 7 aromatic carbocycles. The van der Waals surface area contributed by atoms with Crippen molar-refractivity contribution in [2.45, 2.75) is 0 Å². The molecule has 0 saturated heterocycles. The molecule has 10 rings (SSSR count). The molecule has 0 radical (unpaired) electrons. The van der Waals surface area contributed by atoms with Crippen LogP contribution in [0.5, 0.6) is 0 Å². The zero-order valence-electron chi connectivity index (χ0n) is 26.1. The summed E-state index contributed by atoms with van der Waals surface area (Å²) in [5, 5.41) is 26.2. The number of fused-ring (bicyclic) bond motifs is 10. The van der Waals surface area contributed by atoms with Crippen molar-refractivity contribution in [3.8, 4) is 34.6 Å². The molecule has 0 aliphatic rings. The van der Waals surface area contributed by atoms with E-state index < -0.39 is 0 Å². The fourth-order valence-electron chi connectivity index (χ4n) is 7.66. The van der Waals surface area contributed by atoms with E-state index in [1.165, 1.54) is 0 Å². The number of benzene rings is 7. The number of para-hydroxylation sites is 3. The molecule has 0 aliphatic heterocycles. The fraction of sp³-hybridized carbons (Fsp3) is 0. The molecule has 49 heavy (non-hydrogen) atoms. The lowest BCUT2D eigenvalue weighted by molar-refractivity contribution is 0.669. The zero-order valence-corrected chi connectivity index (χ0v) is 26.1. The van der Waals surface area contributed by atoms with Crippen LogP contribution < -0.4 is 0 Å². The number of hydrogen-bond acceptors (Lipinski definition) is 3. The van der Waals surface area contributed by atoms with E-state index in [0.29, 0.717) is 11.1 Å². The number of nitriles is 2. The first-order valence-corrected chi connectivity index (χ1v) is 16.1. The van der Waals surface area contributed by atoms with Gasteiger partial charge in [0.25, 0.3) is 0 Å². The van der Waals surface area contributed by atoms with Crippen LogP contribution in [0.25, 0.3) is 88.1 Å². The van der Waals surface area contributed by atoms with Gasteiger partial charge in [-0.3, -0.25) is 0 Å². The Morgan fingerprint density at radius 2 is 1.14 bits per heavy atom. The molecule has 0 aliphatic carbocycles. The summed E-state index contributed by atoms with van der Waals surface area (Å²) in [6.07, 6.45) is 0. The molecule has 0 fully saturated rings. The quantitative estimate of drug-likeness (QED) is 0.196. The Balaban J connectivity index is 1.30. The SMILES string of the molecule is N#Cc1ccc(-c2ccc3c(c2)c2ccc4oc5ccccc5c4c2n3-c2ccccc2)c(-n2c3ccccc3c3cc(C#N)ccc32)c1. The van der Waals surface area contributed by atoms with Gasteiger partial charge < -0.3 is 13.6 Å². The van der Waals surface area contributed by atoms with Crippen molar-refractivity contribution in [2.75, 3.05) is 0 Å². The largest absolute Gasteiger partial charge is 0.456 e. The minimum Gasteiger partial charge on any atom is -0.456 e. The van der Waals surface area contributed by atoms with Gasteiger partial charge in [-0.2, -0.15) is 10.5 Å². The molecule has 5 nitrogen and oxygen atoms in total. The van der Waals surface area contributed by atoms with Gasteiger partial charge in [-0.15, -0.1) is 0 Å². The maximum atomic E-state index is 10.0. The summed E-state index contributed by atoms with van der Waals surface area (Å²) in [5.74, 6) is 0. The second kappa shape index (κ2) is 10.2. The van der Waals surface area contributed by atoms with E-state index in [4.69, 9.17) is 4.42 Å². The predicted molar refractivity (Wildman–Crippen MR) is 197 cm³/mol. The van der Waals surface area contributed by atoms with Gasteiger partial charge >= 0.3 is 0 Å². The molecule has 0 spiro atoms. The van der Waals surface area contributed by atoms with Gasteiger partial charge in [0.05, 0.1) is 56.4 Å². The van der Waals surface area contributed by atoms with Gasteiger partial charge in [0.1, 0.15) is 11.2 Å². The first-order valence-electron chi connectivity index (χ1n) is 16.1. The summed E-state index contributed by atoms with van der Waals surface area (Å²) in [6.45, 7) is 0. The van der Waals surface area contributed by atoms with Crippen molar-refractivity contribution in [1.82, 2.24) is 9.13 Å². The highest BCUT2D eigenvalue weighted by molar-refractivity contribution is 6.25. The fourth-order valence-corrected chi connectivity index (χ4v) is 7.66. The lowest BCUT2D eigenvalue weighted by Gasteiger charge is -2.15. The minimum atomic E-state index is 0.578. The van der Waals surface area contributed by atoms with E-state index in [0.717, 1.165) is 88.1 Å². The molecule has 0 amide bonds. The molecule has 0 saturated carbocycles. The highest BCUT2D eigenvalue weighted by Gasteiger charge is 2.21. The van der Waals surface area contributed by atoms with Gasteiger partial charge in [0.2, 0.25) is 0 Å². The predicted octanol–water partition coefficient (Wildman–Crippen LogP) is 11.2. The molecule has 0 unspecified atom stereocenters. The Morgan fingerprint density at radius 1 is 0.469 bits per heavy atom. The molecule has 10 aromatic rings. The lowest BCUT2D eigenvalue weighted by Crippen LogP contribution is -1.98. The third-order valence-corrected chi connectivity index (χ3v) is 9.76. The Labute approximate surface area is 280 Å². The zero-order chi connectivity index (χ0) is 32.6. The third-order valence-electron chi connectivity index (χ3n) is 9.76. The highest BCUT2D eigenvalue weighted by atomic mass is 16.3. The standard InChI is InChI=1S/C44H24N4O/c45-25-27-15-19-39-35(22-27)32-10-4-6-12-37(32)48(39)40-23-28(26-46)14-17-31(40)29-16-20-38-36(24-29)33-18-21-42-43(34-11-5-7-13-41(34)49-42)44(33)47(38)30-8-2-1-3-9-30/h1-24H. The highest BCUT2D eigenvalue weighted by Crippen LogP contribution is 2.43. The van der Waals surface area contributed by atoms with Crippen LogP contribution in [-0.2, 0) is 0 Å². The van der Waals surface area contributed by atoms with E-state index in [1.807, 2.05) is 60.7 Å². The van der Waals surface area contributed by atoms with Crippen molar-refractivity contribution in [1.29, 1.82) is 10.5 Å². The van der Waals surface area contributed by atoms with Gasteiger partial charge in [-0.25, -0.2) is 0 Å². The van der Waals surface area contributed by atoms with Crippen LogP contribution >= 0.6 is 0 Å². The average Bonchev–Trinajstić information content (AvgIpc) is 3.82. The molecule has 0 N–H and O–H groups in total. The molecular weight excluding hydrogens is 601 g/mol. The van der Waals surface area contributed by atoms with E-state index in [2.05, 4.69) is 106 Å². The molecule has 226 valence electrons. The van der Waals surface area contributed by atoms with E-state index in [1.54, 1.807) is 0 Å². The first-order chi connectivity index (χ1) is 24.2. The van der Waals surface area contributed by atoms with Crippen LogP contribution in [0.15, 0.2) is 150 Å². The summed E-state index contributed by atoms with van der Waals surface area (Å²) in [4.78, 5) is 0. The van der Waals surface area contributed by atoms with Crippen molar-refractivity contribution < 1.29 is 4.42 Å². The van der Waals surface area contributed by atoms with Crippen LogP contribution in [0.4, 0.5) is 0 Å². The Morgan fingerprint density at radius 3 is 2.00 bits per heavy atom. The average molecular weight is 625 g/mol. The smallest absolute Gasteiger partial charge is 0.137 e. The van der Waals surface area contributed by atoms with Gasteiger partial charge in [0.15, 0.2) is 0 Å². The van der Waals surface area contributed by atoms with Crippen LogP contribution in [0, 0.1) is 22.7 Å². The van der Waals surface area contributed by atoms with Gasteiger partial charge in [-0.05, 0) is 84.4 Å². The van der Waals surface area contributed by atoms with E-state index in [9.17, 15) is 10.5 Å². The Bertz CT molecular complexity index is 3070. The summed E-state index contributed by atoms with van der Waals surface area (Å²) >= 11 is 0. The lowest BCUT2D eigenvalue weighted by atomic mass is 9.99. The summed E-state index contributed by atoms with van der Waals surface area (Å²) in [7, 11) is 0. The summed E-state index contributed by atoms with van der Waals surface area (Å²) in [5.41, 5.74) is 11.1. The maximum absolute atomic E-state index is 10.0. The number of nitrogens with zero attached hydrogens (tertiary/aromatic N) is 4. The van der Waals surface area contributed by atoms with Crippen LogP contribution in [0.1, 0.15) is 11.1 Å². The third kappa shape index (κ3) is 3.85. The summed E-state index contributed by atoms with van der Waals surface area (Å²) < 4.78 is 10.9.